The first-order valence-electron chi connectivity index (χ1n) is 14.3. The number of aliphatic hydroxyl groups excluding tert-OH is 1. The van der Waals surface area contributed by atoms with Gasteiger partial charge in [-0.2, -0.15) is 0 Å². The van der Waals surface area contributed by atoms with Crippen LogP contribution in [0.25, 0.3) is 0 Å². The quantitative estimate of drug-likeness (QED) is 0.134. The molecule has 1 saturated heterocycles. The molecule has 3 unspecified atom stereocenters. The Kier molecular flexibility index (Phi) is 7.83. The number of β-lactam (4-membered cyclic amide) rings is 1. The second-order valence-corrected chi connectivity index (χ2v) is 16.8. The van der Waals surface area contributed by atoms with Crippen LogP contribution in [0.15, 0.2) is 95.4 Å². The number of hydrogen-bond donors (Lipinski definition) is 1. The fraction of sp³-hybridized carbons (Fsp3) is 0.353. The van der Waals surface area contributed by atoms with Gasteiger partial charge in [-0.25, -0.2) is 4.98 Å². The number of hydrogen-bond acceptors (Lipinski definition) is 5. The summed E-state index contributed by atoms with van der Waals surface area (Å²) in [6.45, 7) is 14.2. The first-order chi connectivity index (χ1) is 19.5. The third-order valence-corrected chi connectivity index (χ3v) is 13.3. The molecule has 5 rings (SSSR count). The average Bonchev–Trinajstić information content (AvgIpc) is 3.29. The molecule has 0 radical (unpaired) electrons. The van der Waals surface area contributed by atoms with Crippen molar-refractivity contribution in [2.24, 2.45) is 0 Å². The zero-order chi connectivity index (χ0) is 29.6. The van der Waals surface area contributed by atoms with Gasteiger partial charge in [0.2, 0.25) is 5.91 Å². The normalized spacial score (nSPS) is 20.3. The van der Waals surface area contributed by atoms with Gasteiger partial charge < -0.3 is 14.4 Å². The fourth-order valence-electron chi connectivity index (χ4n) is 6.38. The lowest BCUT2D eigenvalue weighted by Crippen LogP contribution is -2.74. The van der Waals surface area contributed by atoms with Crippen LogP contribution < -0.4 is 0 Å². The highest BCUT2D eigenvalue weighted by Gasteiger charge is 2.71. The summed E-state index contributed by atoms with van der Waals surface area (Å²) in [5, 5.41) is 10.9. The van der Waals surface area contributed by atoms with Gasteiger partial charge in [0.05, 0.1) is 24.6 Å². The summed E-state index contributed by atoms with van der Waals surface area (Å²) >= 11 is 1.77. The second kappa shape index (κ2) is 10.9. The molecular weight excluding hydrogens is 545 g/mol. The molecule has 4 aromatic rings. The standard InChI is InChI=1S/C34H40N2O3SSi/c1-23-28(39-24(2)35-23)29(37)34(41(6)7)30(38)36(32(3,4)5)31(34)40-33(25-17-11-8-12-18-25,26-19-13-9-14-20-26)27-21-15-10-16-22-27/h8-22,29,31,37,41H,1-7H3. The van der Waals surface area contributed by atoms with E-state index >= 15 is 0 Å². The lowest BCUT2D eigenvalue weighted by Gasteiger charge is -2.64. The Morgan fingerprint density at radius 1 is 0.878 bits per heavy atom. The highest BCUT2D eigenvalue weighted by atomic mass is 32.2. The molecule has 1 fully saturated rings. The molecule has 1 aliphatic rings. The lowest BCUT2D eigenvalue weighted by molar-refractivity contribution is -0.165. The first kappa shape index (κ1) is 29.4. The van der Waals surface area contributed by atoms with Crippen LogP contribution in [-0.4, -0.2) is 40.6 Å². The van der Waals surface area contributed by atoms with Gasteiger partial charge in [-0.3, -0.25) is 4.79 Å². The third kappa shape index (κ3) is 4.68. The minimum Gasteiger partial charge on any atom is -0.443 e. The maximum absolute atomic E-state index is 14.5. The molecule has 0 aliphatic carbocycles. The van der Waals surface area contributed by atoms with E-state index in [9.17, 15) is 9.90 Å². The molecule has 1 aromatic heterocycles. The van der Waals surface area contributed by atoms with Crippen LogP contribution in [-0.2, 0) is 9.54 Å². The van der Waals surface area contributed by atoms with Crippen molar-refractivity contribution in [2.45, 2.75) is 74.5 Å². The van der Waals surface area contributed by atoms with E-state index in [1.165, 1.54) is 0 Å². The highest BCUT2D eigenvalue weighted by Crippen LogP contribution is 2.67. The zero-order valence-electron chi connectivity index (χ0n) is 25.0. The smallest absolute Gasteiger partial charge is 0.233 e. The van der Waals surface area contributed by atoms with E-state index < -0.39 is 30.2 Å². The van der Waals surface area contributed by atoms with Crippen molar-refractivity contribution in [3.05, 3.63) is 125 Å². The summed E-state index contributed by atoms with van der Waals surface area (Å²) in [7, 11) is -1.90. The number of carbonyl (C=O) groups is 1. The van der Waals surface area contributed by atoms with Gasteiger partial charge in [-0.15, -0.1) is 11.8 Å². The van der Waals surface area contributed by atoms with Crippen molar-refractivity contribution in [2.75, 3.05) is 0 Å². The first-order valence-corrected chi connectivity index (χ1v) is 18.0. The Bertz CT molecular complexity index is 1400. The van der Waals surface area contributed by atoms with Crippen LogP contribution in [0.4, 0.5) is 0 Å². The number of benzene rings is 3. The maximum Gasteiger partial charge on any atom is 0.233 e. The zero-order valence-corrected chi connectivity index (χ0v) is 26.9. The van der Waals surface area contributed by atoms with Crippen LogP contribution in [0, 0.1) is 13.8 Å². The van der Waals surface area contributed by atoms with Gasteiger partial charge in [-0.05, 0) is 44.4 Å². The van der Waals surface area contributed by atoms with Crippen molar-refractivity contribution < 1.29 is 14.3 Å². The van der Waals surface area contributed by atoms with E-state index in [2.05, 4.69) is 112 Å². The molecule has 7 heteroatoms. The molecular formula is C34H40N2O3SSi. The number of oxazole rings is 1. The Balaban J connectivity index is 1.80. The van der Waals surface area contributed by atoms with Gasteiger partial charge in [0, 0.05) is 12.5 Å². The van der Waals surface area contributed by atoms with Gasteiger partial charge >= 0.3 is 0 Å². The highest BCUT2D eigenvalue weighted by molar-refractivity contribution is 8.01. The van der Waals surface area contributed by atoms with Crippen molar-refractivity contribution >= 4 is 26.5 Å². The van der Waals surface area contributed by atoms with E-state index in [4.69, 9.17) is 4.42 Å². The van der Waals surface area contributed by atoms with E-state index in [1.807, 2.05) is 30.0 Å². The monoisotopic (exact) mass is 584 g/mol. The predicted molar refractivity (Wildman–Crippen MR) is 170 cm³/mol. The maximum atomic E-state index is 14.5. The number of nitrogens with zero attached hydrogens (tertiary/aromatic N) is 2. The average molecular weight is 585 g/mol. The summed E-state index contributed by atoms with van der Waals surface area (Å²) in [6, 6.07) is 31.6. The fourth-order valence-corrected chi connectivity index (χ4v) is 11.6. The topological polar surface area (TPSA) is 66.6 Å². The van der Waals surface area contributed by atoms with E-state index in [-0.39, 0.29) is 11.3 Å². The largest absolute Gasteiger partial charge is 0.443 e. The van der Waals surface area contributed by atoms with Crippen LogP contribution in [0.2, 0.25) is 18.1 Å². The Hall–Kier alpha value is -3.13. The molecule has 2 heterocycles. The number of carbonyl (C=O) groups excluding carboxylic acids is 1. The second-order valence-electron chi connectivity index (χ2n) is 12.3. The summed E-state index contributed by atoms with van der Waals surface area (Å²) in [5.74, 6) is 0.891. The third-order valence-electron chi connectivity index (χ3n) is 8.38. The van der Waals surface area contributed by atoms with E-state index in [0.29, 0.717) is 17.3 Å². The van der Waals surface area contributed by atoms with Crippen molar-refractivity contribution in [3.8, 4) is 0 Å². The molecule has 1 N–H and O–H groups in total. The number of amides is 1. The lowest BCUT2D eigenvalue weighted by atomic mass is 9.83. The SMILES string of the molecule is Cc1nc(C)c(C(O)C2([SiH](C)C)C(=O)N(C(C)(C)C)C2SC(c2ccccc2)(c2ccccc2)c2ccccc2)o1. The van der Waals surface area contributed by atoms with Gasteiger partial charge in [-0.1, -0.05) is 104 Å². The van der Waals surface area contributed by atoms with Crippen molar-refractivity contribution in [1.82, 2.24) is 9.88 Å². The molecule has 1 amide bonds. The molecule has 5 nitrogen and oxygen atoms in total. The Labute approximate surface area is 249 Å². The number of aromatic nitrogens is 1. The van der Waals surface area contributed by atoms with Gasteiger partial charge in [0.15, 0.2) is 11.7 Å². The van der Waals surface area contributed by atoms with Crippen LogP contribution in [0.5, 0.6) is 0 Å². The number of rotatable bonds is 8. The Morgan fingerprint density at radius 3 is 1.66 bits per heavy atom. The molecule has 3 aromatic carbocycles. The Morgan fingerprint density at radius 2 is 1.32 bits per heavy atom. The minimum atomic E-state index is -1.90. The molecule has 0 saturated carbocycles. The summed E-state index contributed by atoms with van der Waals surface area (Å²) in [5.41, 5.74) is 3.54. The van der Waals surface area contributed by atoms with E-state index in [1.54, 1.807) is 18.7 Å². The van der Waals surface area contributed by atoms with E-state index in [0.717, 1.165) is 16.7 Å². The predicted octanol–water partition coefficient (Wildman–Crippen LogP) is 7.24. The molecule has 214 valence electrons. The summed E-state index contributed by atoms with van der Waals surface area (Å²) in [4.78, 5) is 21.0. The summed E-state index contributed by atoms with van der Waals surface area (Å²) in [6.07, 6.45) is -1.10. The molecule has 0 bridgehead atoms. The minimum absolute atomic E-state index is 0.00629. The van der Waals surface area contributed by atoms with Crippen molar-refractivity contribution in [3.63, 3.8) is 0 Å². The van der Waals surface area contributed by atoms with Crippen molar-refractivity contribution in [1.29, 1.82) is 0 Å². The molecule has 41 heavy (non-hydrogen) atoms. The molecule has 0 spiro atoms. The number of thioether (sulfide) groups is 1. The van der Waals surface area contributed by atoms with Gasteiger partial charge in [0.25, 0.3) is 0 Å². The van der Waals surface area contributed by atoms with Crippen LogP contribution >= 0.6 is 11.8 Å². The van der Waals surface area contributed by atoms with Gasteiger partial charge in [0.1, 0.15) is 11.1 Å². The number of aryl methyl sites for hydroxylation is 2. The number of aliphatic hydroxyl groups is 1. The molecule has 1 aliphatic heterocycles. The summed E-state index contributed by atoms with van der Waals surface area (Å²) < 4.78 is 5.34. The van der Waals surface area contributed by atoms with Crippen LogP contribution in [0.1, 0.15) is 60.9 Å². The van der Waals surface area contributed by atoms with Crippen LogP contribution in [0.3, 0.4) is 0 Å². The number of likely N-dealkylation sites (tertiary alicyclic amines) is 1. The molecule has 3 atom stereocenters.